The molecule has 3 rings (SSSR count). The second-order valence-electron chi connectivity index (χ2n) is 6.24. The average molecular weight is 380 g/mol. The van der Waals surface area contributed by atoms with Crippen LogP contribution in [0.5, 0.6) is 11.5 Å². The zero-order valence-corrected chi connectivity index (χ0v) is 15.9. The molecule has 3 aromatic rings. The van der Waals surface area contributed by atoms with Crippen molar-refractivity contribution < 1.29 is 18.7 Å². The molecule has 28 heavy (non-hydrogen) atoms. The summed E-state index contributed by atoms with van der Waals surface area (Å²) in [5.74, 6) is 0.367. The van der Waals surface area contributed by atoms with Gasteiger partial charge < -0.3 is 14.8 Å². The van der Waals surface area contributed by atoms with E-state index in [4.69, 9.17) is 9.47 Å². The average Bonchev–Trinajstić information content (AvgIpc) is 2.73. The summed E-state index contributed by atoms with van der Waals surface area (Å²) < 4.78 is 24.6. The van der Waals surface area contributed by atoms with Crippen molar-refractivity contribution in [2.45, 2.75) is 13.0 Å². The number of ether oxygens (including phenoxy) is 2. The number of nitrogens with zero attached hydrogens (tertiary/aromatic N) is 1. The van der Waals surface area contributed by atoms with Crippen LogP contribution in [0.1, 0.15) is 28.9 Å². The predicted octanol–water partition coefficient (Wildman–Crippen LogP) is 4.40. The summed E-state index contributed by atoms with van der Waals surface area (Å²) in [6, 6.07) is 13.8. The molecule has 1 N–H and O–H groups in total. The molecule has 1 atom stereocenters. The van der Waals surface area contributed by atoms with E-state index < -0.39 is 5.82 Å². The van der Waals surface area contributed by atoms with E-state index in [1.165, 1.54) is 13.3 Å². The monoisotopic (exact) mass is 380 g/mol. The molecule has 0 aliphatic carbocycles. The van der Waals surface area contributed by atoms with Crippen LogP contribution in [0.2, 0.25) is 0 Å². The first-order valence-electron chi connectivity index (χ1n) is 8.76. The minimum atomic E-state index is -0.437. The molecular formula is C22H21FN2O3. The second kappa shape index (κ2) is 8.52. The van der Waals surface area contributed by atoms with Gasteiger partial charge >= 0.3 is 0 Å². The Morgan fingerprint density at radius 2 is 1.93 bits per heavy atom. The fourth-order valence-corrected chi connectivity index (χ4v) is 2.92. The van der Waals surface area contributed by atoms with Crippen LogP contribution in [0.25, 0.3) is 11.1 Å². The molecule has 1 amide bonds. The standard InChI is InChI=1S/C22H21FN2O3/c1-14(15-5-4-6-17(11-15)27-2)25-22(26)19-8-7-16(12-21(19)28-3)18-9-10-24-13-20(18)23/h4-14H,1-3H3,(H,25,26)/t14-/m1/s1. The number of halogens is 1. The van der Waals surface area contributed by atoms with Crippen molar-refractivity contribution in [3.63, 3.8) is 0 Å². The summed E-state index contributed by atoms with van der Waals surface area (Å²) in [7, 11) is 3.07. The zero-order valence-electron chi connectivity index (χ0n) is 15.9. The molecular weight excluding hydrogens is 359 g/mol. The quantitative estimate of drug-likeness (QED) is 0.689. The second-order valence-corrected chi connectivity index (χ2v) is 6.24. The molecule has 0 radical (unpaired) electrons. The summed E-state index contributed by atoms with van der Waals surface area (Å²) in [5.41, 5.74) is 2.29. The first-order valence-corrected chi connectivity index (χ1v) is 8.76. The maximum absolute atomic E-state index is 14.0. The van der Waals surface area contributed by atoms with Crippen molar-refractivity contribution in [2.75, 3.05) is 14.2 Å². The van der Waals surface area contributed by atoms with Crippen LogP contribution in [0, 0.1) is 5.82 Å². The number of benzene rings is 2. The van der Waals surface area contributed by atoms with Crippen molar-refractivity contribution >= 4 is 5.91 Å². The smallest absolute Gasteiger partial charge is 0.255 e. The molecule has 2 aromatic carbocycles. The number of carbonyl (C=O) groups excluding carboxylic acids is 1. The fourth-order valence-electron chi connectivity index (χ4n) is 2.92. The number of pyridine rings is 1. The van der Waals surface area contributed by atoms with Crippen LogP contribution < -0.4 is 14.8 Å². The van der Waals surface area contributed by atoms with Crippen molar-refractivity contribution in [3.8, 4) is 22.6 Å². The Balaban J connectivity index is 1.84. The summed E-state index contributed by atoms with van der Waals surface area (Å²) in [6.07, 6.45) is 2.67. The number of hydrogen-bond donors (Lipinski definition) is 1. The lowest BCUT2D eigenvalue weighted by atomic mass is 10.0. The largest absolute Gasteiger partial charge is 0.497 e. The van der Waals surface area contributed by atoms with Gasteiger partial charge in [-0.1, -0.05) is 18.2 Å². The number of nitrogens with one attached hydrogen (secondary N) is 1. The maximum Gasteiger partial charge on any atom is 0.255 e. The molecule has 6 heteroatoms. The molecule has 0 spiro atoms. The lowest BCUT2D eigenvalue weighted by Crippen LogP contribution is -2.27. The van der Waals surface area contributed by atoms with E-state index in [9.17, 15) is 9.18 Å². The van der Waals surface area contributed by atoms with Crippen LogP contribution in [-0.4, -0.2) is 25.1 Å². The predicted molar refractivity (Wildman–Crippen MR) is 105 cm³/mol. The van der Waals surface area contributed by atoms with Gasteiger partial charge in [-0.25, -0.2) is 4.39 Å². The van der Waals surface area contributed by atoms with Gasteiger partial charge in [0.25, 0.3) is 5.91 Å². The summed E-state index contributed by atoms with van der Waals surface area (Å²) in [4.78, 5) is 16.5. The lowest BCUT2D eigenvalue weighted by molar-refractivity contribution is 0.0937. The van der Waals surface area contributed by atoms with Gasteiger partial charge in [0.1, 0.15) is 17.3 Å². The topological polar surface area (TPSA) is 60.5 Å². The van der Waals surface area contributed by atoms with Crippen LogP contribution in [0.3, 0.4) is 0 Å². The van der Waals surface area contributed by atoms with Gasteiger partial charge in [0, 0.05) is 11.8 Å². The number of rotatable bonds is 6. The third-order valence-electron chi connectivity index (χ3n) is 4.47. The molecule has 1 heterocycles. The third kappa shape index (κ3) is 4.11. The normalized spacial score (nSPS) is 11.6. The SMILES string of the molecule is COc1cccc([C@@H](C)NC(=O)c2ccc(-c3ccncc3F)cc2OC)c1. The number of aromatic nitrogens is 1. The van der Waals surface area contributed by atoms with E-state index in [1.54, 1.807) is 31.4 Å². The highest BCUT2D eigenvalue weighted by molar-refractivity contribution is 5.98. The Morgan fingerprint density at radius 1 is 1.11 bits per heavy atom. The highest BCUT2D eigenvalue weighted by Crippen LogP contribution is 2.29. The minimum absolute atomic E-state index is 0.232. The van der Waals surface area contributed by atoms with Crippen molar-refractivity contribution in [3.05, 3.63) is 77.9 Å². The van der Waals surface area contributed by atoms with E-state index in [2.05, 4.69) is 10.3 Å². The van der Waals surface area contributed by atoms with Crippen molar-refractivity contribution in [1.82, 2.24) is 10.3 Å². The van der Waals surface area contributed by atoms with Gasteiger partial charge in [-0.2, -0.15) is 0 Å². The summed E-state index contributed by atoms with van der Waals surface area (Å²) in [5, 5.41) is 2.95. The molecule has 0 aliphatic heterocycles. The molecule has 0 bridgehead atoms. The summed E-state index contributed by atoms with van der Waals surface area (Å²) in [6.45, 7) is 1.89. The molecule has 144 valence electrons. The Kier molecular flexibility index (Phi) is 5.89. The molecule has 1 aromatic heterocycles. The van der Waals surface area contributed by atoms with Gasteiger partial charge in [0.2, 0.25) is 0 Å². The first kappa shape index (κ1) is 19.4. The third-order valence-corrected chi connectivity index (χ3v) is 4.47. The molecule has 5 nitrogen and oxygen atoms in total. The number of amides is 1. The Morgan fingerprint density at radius 3 is 2.64 bits per heavy atom. The van der Waals surface area contributed by atoms with E-state index in [0.29, 0.717) is 22.4 Å². The van der Waals surface area contributed by atoms with Crippen LogP contribution in [-0.2, 0) is 0 Å². The van der Waals surface area contributed by atoms with E-state index >= 15 is 0 Å². The van der Waals surface area contributed by atoms with Crippen molar-refractivity contribution in [2.24, 2.45) is 0 Å². The molecule has 0 saturated heterocycles. The maximum atomic E-state index is 14.0. The molecule has 0 fully saturated rings. The van der Waals surface area contributed by atoms with Crippen LogP contribution in [0.4, 0.5) is 4.39 Å². The molecule has 0 aliphatic rings. The Hall–Kier alpha value is -3.41. The molecule has 0 unspecified atom stereocenters. The van der Waals surface area contributed by atoms with Crippen LogP contribution in [0.15, 0.2) is 60.9 Å². The van der Waals surface area contributed by atoms with Gasteiger partial charge in [-0.3, -0.25) is 9.78 Å². The van der Waals surface area contributed by atoms with E-state index in [-0.39, 0.29) is 11.9 Å². The highest BCUT2D eigenvalue weighted by atomic mass is 19.1. The van der Waals surface area contributed by atoms with E-state index in [1.807, 2.05) is 31.2 Å². The van der Waals surface area contributed by atoms with Gasteiger partial charge in [-0.05, 0) is 48.4 Å². The fraction of sp³-hybridized carbons (Fsp3) is 0.182. The summed E-state index contributed by atoms with van der Waals surface area (Å²) >= 11 is 0. The Bertz CT molecular complexity index is 991. The molecule has 0 saturated carbocycles. The number of hydrogen-bond acceptors (Lipinski definition) is 4. The van der Waals surface area contributed by atoms with Gasteiger partial charge in [0.15, 0.2) is 0 Å². The number of carbonyl (C=O) groups is 1. The minimum Gasteiger partial charge on any atom is -0.497 e. The van der Waals surface area contributed by atoms with Crippen LogP contribution >= 0.6 is 0 Å². The highest BCUT2D eigenvalue weighted by Gasteiger charge is 2.17. The van der Waals surface area contributed by atoms with E-state index in [0.717, 1.165) is 17.5 Å². The zero-order chi connectivity index (χ0) is 20.1. The van der Waals surface area contributed by atoms with Crippen molar-refractivity contribution in [1.29, 1.82) is 0 Å². The van der Waals surface area contributed by atoms with Gasteiger partial charge in [0.05, 0.1) is 32.0 Å². The Labute approximate surface area is 163 Å². The van der Waals surface area contributed by atoms with Gasteiger partial charge in [-0.15, -0.1) is 0 Å². The lowest BCUT2D eigenvalue weighted by Gasteiger charge is -2.17. The first-order chi connectivity index (χ1) is 13.5. The number of methoxy groups -OCH3 is 2.